The third-order valence-electron chi connectivity index (χ3n) is 4.65. The van der Waals surface area contributed by atoms with Gasteiger partial charge in [0.2, 0.25) is 5.91 Å². The number of halogens is 1. The van der Waals surface area contributed by atoms with E-state index in [1.54, 1.807) is 12.4 Å². The number of rotatable bonds is 4. The van der Waals surface area contributed by atoms with E-state index in [1.807, 2.05) is 6.07 Å². The van der Waals surface area contributed by atoms with E-state index < -0.39 is 0 Å². The fraction of sp³-hybridized carbons (Fsp3) is 0.625. The second-order valence-corrected chi connectivity index (χ2v) is 6.56. The monoisotopic (exact) mass is 307 g/mol. The van der Waals surface area contributed by atoms with Crippen molar-refractivity contribution in [3.63, 3.8) is 0 Å². The first kappa shape index (κ1) is 14.6. The van der Waals surface area contributed by atoms with Crippen molar-refractivity contribution >= 4 is 23.2 Å². The van der Waals surface area contributed by atoms with Gasteiger partial charge in [-0.1, -0.05) is 11.6 Å². The number of carbonyl (C=O) groups is 1. The maximum atomic E-state index is 12.0. The van der Waals surface area contributed by atoms with Gasteiger partial charge >= 0.3 is 0 Å². The lowest BCUT2D eigenvalue weighted by Crippen LogP contribution is -2.41. The normalized spacial score (nSPS) is 20.1. The summed E-state index contributed by atoms with van der Waals surface area (Å²) in [4.78, 5) is 18.3. The molecule has 1 saturated carbocycles. The van der Waals surface area contributed by atoms with Gasteiger partial charge in [0.25, 0.3) is 0 Å². The first-order chi connectivity index (χ1) is 10.2. The molecule has 3 rings (SSSR count). The molecule has 0 atom stereocenters. The Kier molecular flexibility index (Phi) is 4.63. The highest BCUT2D eigenvalue weighted by Gasteiger charge is 2.25. The molecule has 4 nitrogen and oxygen atoms in total. The van der Waals surface area contributed by atoms with Gasteiger partial charge in [-0.25, -0.2) is 0 Å². The number of piperidine rings is 1. The third-order valence-corrected chi connectivity index (χ3v) is 4.94. The standard InChI is InChI=1S/C16H22ClN3O/c17-14-11-18-7-4-15(14)20-8-5-12(6-9-20)10-16(21)19-13-2-1-3-13/h4,7,11-13H,1-3,5-6,8-10H2,(H,19,21). The predicted octanol–water partition coefficient (Wildman–Crippen LogP) is 3.01. The molecule has 2 aliphatic rings. The van der Waals surface area contributed by atoms with Crippen molar-refractivity contribution in [3.05, 3.63) is 23.5 Å². The fourth-order valence-corrected chi connectivity index (χ4v) is 3.34. The lowest BCUT2D eigenvalue weighted by Gasteiger charge is -2.34. The summed E-state index contributed by atoms with van der Waals surface area (Å²) in [7, 11) is 0. The number of aromatic nitrogens is 1. The quantitative estimate of drug-likeness (QED) is 0.930. The van der Waals surface area contributed by atoms with Crippen LogP contribution in [0.3, 0.4) is 0 Å². The molecule has 2 fully saturated rings. The van der Waals surface area contributed by atoms with Crippen molar-refractivity contribution in [2.24, 2.45) is 5.92 Å². The maximum absolute atomic E-state index is 12.0. The molecule has 0 radical (unpaired) electrons. The largest absolute Gasteiger partial charge is 0.370 e. The number of pyridine rings is 1. The zero-order valence-electron chi connectivity index (χ0n) is 12.2. The molecule has 21 heavy (non-hydrogen) atoms. The molecule has 0 aromatic carbocycles. The molecule has 1 saturated heterocycles. The van der Waals surface area contributed by atoms with Crippen LogP contribution in [0, 0.1) is 5.92 Å². The molecule has 0 bridgehead atoms. The van der Waals surface area contributed by atoms with Gasteiger partial charge in [-0.2, -0.15) is 0 Å². The Morgan fingerprint density at radius 3 is 2.71 bits per heavy atom. The number of nitrogens with zero attached hydrogens (tertiary/aromatic N) is 2. The summed E-state index contributed by atoms with van der Waals surface area (Å²) in [5.41, 5.74) is 1.06. The lowest BCUT2D eigenvalue weighted by molar-refractivity contribution is -0.123. The van der Waals surface area contributed by atoms with Gasteiger partial charge in [-0.15, -0.1) is 0 Å². The first-order valence-electron chi connectivity index (χ1n) is 7.86. The molecule has 5 heteroatoms. The zero-order chi connectivity index (χ0) is 14.7. The first-order valence-corrected chi connectivity index (χ1v) is 8.24. The Morgan fingerprint density at radius 2 is 2.10 bits per heavy atom. The van der Waals surface area contributed by atoms with E-state index in [0.29, 0.717) is 23.4 Å². The van der Waals surface area contributed by atoms with Crippen LogP contribution in [0.15, 0.2) is 18.5 Å². The SMILES string of the molecule is O=C(CC1CCN(c2ccncc2Cl)CC1)NC1CCC1. The van der Waals surface area contributed by atoms with Crippen LogP contribution in [0.2, 0.25) is 5.02 Å². The van der Waals surface area contributed by atoms with E-state index in [1.165, 1.54) is 6.42 Å². The van der Waals surface area contributed by atoms with Gasteiger partial charge in [0.05, 0.1) is 10.7 Å². The Hall–Kier alpha value is -1.29. The smallest absolute Gasteiger partial charge is 0.220 e. The molecule has 1 amide bonds. The molecule has 1 aliphatic heterocycles. The van der Waals surface area contributed by atoms with E-state index in [2.05, 4.69) is 15.2 Å². The van der Waals surface area contributed by atoms with Gasteiger partial charge in [-0.05, 0) is 44.1 Å². The molecule has 1 aliphatic carbocycles. The molecule has 0 unspecified atom stereocenters. The Morgan fingerprint density at radius 1 is 1.33 bits per heavy atom. The van der Waals surface area contributed by atoms with Crippen molar-refractivity contribution in [2.75, 3.05) is 18.0 Å². The van der Waals surface area contributed by atoms with Gasteiger partial charge in [0.1, 0.15) is 0 Å². The number of hydrogen-bond donors (Lipinski definition) is 1. The van der Waals surface area contributed by atoms with Crippen LogP contribution in [-0.4, -0.2) is 30.0 Å². The van der Waals surface area contributed by atoms with Gasteiger partial charge in [0, 0.05) is 37.9 Å². The van der Waals surface area contributed by atoms with Crippen LogP contribution >= 0.6 is 11.6 Å². The number of hydrogen-bond acceptors (Lipinski definition) is 3. The minimum absolute atomic E-state index is 0.236. The second kappa shape index (κ2) is 6.65. The molecular weight excluding hydrogens is 286 g/mol. The summed E-state index contributed by atoms with van der Waals surface area (Å²) < 4.78 is 0. The van der Waals surface area contributed by atoms with Gasteiger partial charge in [0.15, 0.2) is 0 Å². The lowest BCUT2D eigenvalue weighted by atomic mass is 9.90. The van der Waals surface area contributed by atoms with Crippen molar-refractivity contribution in [1.29, 1.82) is 0 Å². The summed E-state index contributed by atoms with van der Waals surface area (Å²) in [5.74, 6) is 0.738. The molecule has 0 spiro atoms. The van der Waals surface area contributed by atoms with Crippen LogP contribution in [-0.2, 0) is 4.79 Å². The maximum Gasteiger partial charge on any atom is 0.220 e. The minimum atomic E-state index is 0.236. The number of nitrogens with one attached hydrogen (secondary N) is 1. The topological polar surface area (TPSA) is 45.2 Å². The Labute approximate surface area is 130 Å². The van der Waals surface area contributed by atoms with E-state index in [4.69, 9.17) is 11.6 Å². The second-order valence-electron chi connectivity index (χ2n) is 6.16. The average molecular weight is 308 g/mol. The van der Waals surface area contributed by atoms with E-state index >= 15 is 0 Å². The summed E-state index contributed by atoms with van der Waals surface area (Å²) in [5, 5.41) is 3.84. The van der Waals surface area contributed by atoms with Crippen LogP contribution < -0.4 is 10.2 Å². The van der Waals surface area contributed by atoms with E-state index in [9.17, 15) is 4.79 Å². The third kappa shape index (κ3) is 3.67. The molecule has 1 aromatic heterocycles. The number of amides is 1. The van der Waals surface area contributed by atoms with E-state index in [0.717, 1.165) is 44.5 Å². The molecule has 1 N–H and O–H groups in total. The Balaban J connectivity index is 1.46. The highest BCUT2D eigenvalue weighted by atomic mass is 35.5. The number of carbonyl (C=O) groups excluding carboxylic acids is 1. The summed E-state index contributed by atoms with van der Waals surface area (Å²) in [6.45, 7) is 1.93. The van der Waals surface area contributed by atoms with Crippen LogP contribution in [0.25, 0.3) is 0 Å². The molecule has 114 valence electrons. The summed E-state index contributed by atoms with van der Waals surface area (Å²) in [6, 6.07) is 2.42. The van der Waals surface area contributed by atoms with Crippen LogP contribution in [0.4, 0.5) is 5.69 Å². The van der Waals surface area contributed by atoms with Gasteiger partial charge in [-0.3, -0.25) is 9.78 Å². The van der Waals surface area contributed by atoms with Crippen molar-refractivity contribution < 1.29 is 4.79 Å². The fourth-order valence-electron chi connectivity index (χ4n) is 3.10. The molecular formula is C16H22ClN3O. The van der Waals surface area contributed by atoms with Crippen molar-refractivity contribution in [3.8, 4) is 0 Å². The molecule has 1 aromatic rings. The molecule has 2 heterocycles. The predicted molar refractivity (Wildman–Crippen MR) is 84.6 cm³/mol. The van der Waals surface area contributed by atoms with Crippen LogP contribution in [0.1, 0.15) is 38.5 Å². The van der Waals surface area contributed by atoms with E-state index in [-0.39, 0.29) is 5.91 Å². The minimum Gasteiger partial charge on any atom is -0.370 e. The van der Waals surface area contributed by atoms with Crippen LogP contribution in [0.5, 0.6) is 0 Å². The van der Waals surface area contributed by atoms with Crippen molar-refractivity contribution in [2.45, 2.75) is 44.6 Å². The number of anilines is 1. The van der Waals surface area contributed by atoms with Gasteiger partial charge < -0.3 is 10.2 Å². The Bertz CT molecular complexity index is 496. The summed E-state index contributed by atoms with van der Waals surface area (Å²) >= 11 is 6.19. The highest BCUT2D eigenvalue weighted by Crippen LogP contribution is 2.29. The summed E-state index contributed by atoms with van der Waals surface area (Å²) in [6.07, 6.45) is 9.82. The van der Waals surface area contributed by atoms with Crippen molar-refractivity contribution in [1.82, 2.24) is 10.3 Å². The average Bonchev–Trinajstić information content (AvgIpc) is 2.45. The highest BCUT2D eigenvalue weighted by molar-refractivity contribution is 6.33. The zero-order valence-corrected chi connectivity index (χ0v) is 13.0.